The van der Waals surface area contributed by atoms with E-state index in [1.807, 2.05) is 36.4 Å². The third kappa shape index (κ3) is 3.32. The molecule has 0 atom stereocenters. The molecule has 4 aromatic rings. The van der Waals surface area contributed by atoms with Gasteiger partial charge in [-0.25, -0.2) is 4.98 Å². The van der Waals surface area contributed by atoms with Gasteiger partial charge >= 0.3 is 0 Å². The highest BCUT2D eigenvalue weighted by molar-refractivity contribution is 7.18. The SMILES string of the molecule is Cc1nc2sc3c(c2c(=O)n1/N=C\c1ccc(-c2cccc(Cl)c2)o1)CCCC3. The van der Waals surface area contributed by atoms with Crippen LogP contribution in [0.4, 0.5) is 0 Å². The van der Waals surface area contributed by atoms with Crippen LogP contribution >= 0.6 is 22.9 Å². The summed E-state index contributed by atoms with van der Waals surface area (Å²) in [5.41, 5.74) is 1.95. The van der Waals surface area contributed by atoms with Crippen molar-refractivity contribution < 1.29 is 4.42 Å². The molecule has 5 nitrogen and oxygen atoms in total. The fourth-order valence-corrected chi connectivity index (χ4v) is 5.26. The van der Waals surface area contributed by atoms with Crippen LogP contribution in [-0.2, 0) is 12.8 Å². The van der Waals surface area contributed by atoms with Crippen molar-refractivity contribution in [3.8, 4) is 11.3 Å². The number of nitrogens with zero attached hydrogens (tertiary/aromatic N) is 3. The highest BCUT2D eigenvalue weighted by Crippen LogP contribution is 2.33. The number of thiophene rings is 1. The van der Waals surface area contributed by atoms with E-state index in [9.17, 15) is 4.79 Å². The quantitative estimate of drug-likeness (QED) is 0.412. The standard InChI is InChI=1S/C22H18ClN3O2S/c1-13-25-21-20(17-7-2-3-8-19(17)29-21)22(27)26(13)24-12-16-9-10-18(28-16)14-5-4-6-15(23)11-14/h4-6,9-12H,2-3,7-8H2,1H3/b24-12-. The number of furan rings is 1. The van der Waals surface area contributed by atoms with Gasteiger partial charge in [-0.05, 0) is 62.4 Å². The van der Waals surface area contributed by atoms with Gasteiger partial charge in [0.2, 0.25) is 0 Å². The third-order valence-electron chi connectivity index (χ3n) is 5.17. The Bertz CT molecular complexity index is 1320. The van der Waals surface area contributed by atoms with E-state index in [1.165, 1.54) is 21.5 Å². The summed E-state index contributed by atoms with van der Waals surface area (Å²) in [7, 11) is 0. The van der Waals surface area contributed by atoms with E-state index in [1.54, 1.807) is 24.5 Å². The van der Waals surface area contributed by atoms with Crippen LogP contribution in [0.25, 0.3) is 21.5 Å². The van der Waals surface area contributed by atoms with Gasteiger partial charge in [0.05, 0.1) is 11.6 Å². The Morgan fingerprint density at radius 3 is 2.97 bits per heavy atom. The van der Waals surface area contributed by atoms with Crippen molar-refractivity contribution in [2.75, 3.05) is 0 Å². The van der Waals surface area contributed by atoms with Crippen LogP contribution in [0.5, 0.6) is 0 Å². The van der Waals surface area contributed by atoms with Crippen molar-refractivity contribution in [2.45, 2.75) is 32.6 Å². The molecule has 1 aliphatic carbocycles. The zero-order chi connectivity index (χ0) is 20.0. The zero-order valence-electron chi connectivity index (χ0n) is 15.8. The molecule has 146 valence electrons. The number of hydrogen-bond acceptors (Lipinski definition) is 5. The highest BCUT2D eigenvalue weighted by Gasteiger charge is 2.21. The summed E-state index contributed by atoms with van der Waals surface area (Å²) in [5.74, 6) is 1.82. The molecule has 0 N–H and O–H groups in total. The molecule has 0 spiro atoms. The Morgan fingerprint density at radius 1 is 1.24 bits per heavy atom. The number of aryl methyl sites for hydroxylation is 3. The molecule has 0 unspecified atom stereocenters. The minimum Gasteiger partial charge on any atom is -0.455 e. The van der Waals surface area contributed by atoms with Gasteiger partial charge in [0.1, 0.15) is 22.2 Å². The minimum absolute atomic E-state index is 0.107. The number of hydrogen-bond donors (Lipinski definition) is 0. The van der Waals surface area contributed by atoms with E-state index in [4.69, 9.17) is 16.0 Å². The molecule has 29 heavy (non-hydrogen) atoms. The highest BCUT2D eigenvalue weighted by atomic mass is 35.5. The normalized spacial score (nSPS) is 14.0. The van der Waals surface area contributed by atoms with Crippen molar-refractivity contribution in [3.05, 3.63) is 73.8 Å². The van der Waals surface area contributed by atoms with Crippen LogP contribution in [0.1, 0.15) is 34.9 Å². The summed E-state index contributed by atoms with van der Waals surface area (Å²) < 4.78 is 7.21. The maximum absolute atomic E-state index is 13.1. The van der Waals surface area contributed by atoms with E-state index < -0.39 is 0 Å². The van der Waals surface area contributed by atoms with Gasteiger partial charge in [0, 0.05) is 15.5 Å². The molecule has 7 heteroatoms. The molecule has 0 aliphatic heterocycles. The lowest BCUT2D eigenvalue weighted by Gasteiger charge is -2.10. The predicted octanol–water partition coefficient (Wildman–Crippen LogP) is 5.44. The fraction of sp³-hybridized carbons (Fsp3) is 0.227. The summed E-state index contributed by atoms with van der Waals surface area (Å²) in [6.07, 6.45) is 5.83. The smallest absolute Gasteiger partial charge is 0.283 e. The summed E-state index contributed by atoms with van der Waals surface area (Å²) in [6.45, 7) is 1.80. The third-order valence-corrected chi connectivity index (χ3v) is 6.59. The maximum Gasteiger partial charge on any atom is 0.283 e. The molecular weight excluding hydrogens is 406 g/mol. The van der Waals surface area contributed by atoms with E-state index in [0.29, 0.717) is 22.4 Å². The number of aromatic nitrogens is 2. The van der Waals surface area contributed by atoms with Crippen LogP contribution < -0.4 is 5.56 Å². The van der Waals surface area contributed by atoms with Gasteiger partial charge in [0.25, 0.3) is 5.56 Å². The molecule has 0 radical (unpaired) electrons. The lowest BCUT2D eigenvalue weighted by Crippen LogP contribution is -2.21. The molecule has 0 fully saturated rings. The first-order valence-electron chi connectivity index (χ1n) is 9.54. The second-order valence-corrected chi connectivity index (χ2v) is 8.64. The molecule has 0 saturated carbocycles. The number of fused-ring (bicyclic) bond motifs is 3. The Kier molecular flexibility index (Phi) is 4.60. The Labute approximate surface area is 176 Å². The topological polar surface area (TPSA) is 60.4 Å². The van der Waals surface area contributed by atoms with Gasteiger partial charge in [-0.15, -0.1) is 11.3 Å². The fourth-order valence-electron chi connectivity index (χ4n) is 3.77. The molecule has 1 aliphatic rings. The van der Waals surface area contributed by atoms with Gasteiger partial charge in [-0.1, -0.05) is 23.7 Å². The van der Waals surface area contributed by atoms with Gasteiger partial charge in [-0.3, -0.25) is 4.79 Å². The molecule has 5 rings (SSSR count). The second kappa shape index (κ2) is 7.28. The summed E-state index contributed by atoms with van der Waals surface area (Å²) in [6, 6.07) is 11.1. The molecule has 0 amide bonds. The predicted molar refractivity (Wildman–Crippen MR) is 117 cm³/mol. The Morgan fingerprint density at radius 2 is 2.10 bits per heavy atom. The molecule has 3 heterocycles. The average molecular weight is 424 g/mol. The summed E-state index contributed by atoms with van der Waals surface area (Å²) >= 11 is 7.70. The first-order valence-corrected chi connectivity index (χ1v) is 10.7. The lowest BCUT2D eigenvalue weighted by molar-refractivity contribution is 0.573. The first-order chi connectivity index (χ1) is 14.1. The lowest BCUT2D eigenvalue weighted by atomic mass is 9.97. The van der Waals surface area contributed by atoms with Crippen LogP contribution in [-0.4, -0.2) is 15.9 Å². The van der Waals surface area contributed by atoms with Crippen molar-refractivity contribution in [2.24, 2.45) is 5.10 Å². The summed E-state index contributed by atoms with van der Waals surface area (Å²) in [4.78, 5) is 19.9. The Hall–Kier alpha value is -2.70. The number of rotatable bonds is 3. The average Bonchev–Trinajstić information content (AvgIpc) is 3.32. The van der Waals surface area contributed by atoms with Crippen LogP contribution in [0.15, 0.2) is 50.7 Å². The zero-order valence-corrected chi connectivity index (χ0v) is 17.4. The Balaban J connectivity index is 1.52. The van der Waals surface area contributed by atoms with Crippen molar-refractivity contribution in [1.29, 1.82) is 0 Å². The number of benzene rings is 1. The number of halogens is 1. The van der Waals surface area contributed by atoms with E-state index in [-0.39, 0.29) is 5.56 Å². The first kappa shape index (κ1) is 18.3. The van der Waals surface area contributed by atoms with E-state index in [2.05, 4.69) is 10.1 Å². The minimum atomic E-state index is -0.107. The molecule has 0 saturated heterocycles. The molecule has 3 aromatic heterocycles. The van der Waals surface area contributed by atoms with Crippen molar-refractivity contribution in [1.82, 2.24) is 9.66 Å². The monoisotopic (exact) mass is 423 g/mol. The van der Waals surface area contributed by atoms with Crippen LogP contribution in [0.2, 0.25) is 5.02 Å². The van der Waals surface area contributed by atoms with Crippen molar-refractivity contribution in [3.63, 3.8) is 0 Å². The molecular formula is C22H18ClN3O2S. The molecule has 0 bridgehead atoms. The largest absolute Gasteiger partial charge is 0.455 e. The van der Waals surface area contributed by atoms with Gasteiger partial charge in [0.15, 0.2) is 0 Å². The van der Waals surface area contributed by atoms with E-state index >= 15 is 0 Å². The maximum atomic E-state index is 13.1. The van der Waals surface area contributed by atoms with Crippen molar-refractivity contribution >= 4 is 39.4 Å². The van der Waals surface area contributed by atoms with Crippen LogP contribution in [0, 0.1) is 6.92 Å². The second-order valence-electron chi connectivity index (χ2n) is 7.12. The summed E-state index contributed by atoms with van der Waals surface area (Å²) in [5, 5.41) is 5.76. The molecule has 1 aromatic carbocycles. The van der Waals surface area contributed by atoms with E-state index in [0.717, 1.165) is 35.0 Å². The van der Waals surface area contributed by atoms with Crippen LogP contribution in [0.3, 0.4) is 0 Å². The van der Waals surface area contributed by atoms with Gasteiger partial charge in [-0.2, -0.15) is 9.78 Å². The van der Waals surface area contributed by atoms with Gasteiger partial charge < -0.3 is 4.42 Å².